The van der Waals surface area contributed by atoms with Crippen LogP contribution in [0, 0.1) is 0 Å². The lowest BCUT2D eigenvalue weighted by atomic mass is 10.0. The zero-order chi connectivity index (χ0) is 24.0. The van der Waals surface area contributed by atoms with Gasteiger partial charge in [-0.2, -0.15) is 0 Å². The Morgan fingerprint density at radius 1 is 1.25 bits per heavy atom. The predicted octanol–water partition coefficient (Wildman–Crippen LogP) is -1.20. The third kappa shape index (κ3) is 6.03. The fourth-order valence-corrected chi connectivity index (χ4v) is 4.56. The molecular formula is C17H21ClN4O9S. The first-order valence-corrected chi connectivity index (χ1v) is 10.8. The third-order valence-electron chi connectivity index (χ3n) is 4.61. The molecule has 176 valence electrons. The normalized spacial score (nSPS) is 20.5. The van der Waals surface area contributed by atoms with Crippen LogP contribution in [-0.2, 0) is 28.7 Å². The van der Waals surface area contributed by atoms with E-state index in [9.17, 15) is 33.9 Å². The Hall–Kier alpha value is -3.00. The van der Waals surface area contributed by atoms with Crippen LogP contribution < -0.4 is 16.4 Å². The average molecular weight is 493 g/mol. The van der Waals surface area contributed by atoms with Gasteiger partial charge >= 0.3 is 18.0 Å². The van der Waals surface area contributed by atoms with Crippen LogP contribution in [0.2, 0.25) is 0 Å². The summed E-state index contributed by atoms with van der Waals surface area (Å²) in [7, 11) is 0. The number of β-lactam (4-membered cyclic amide) rings is 1. The number of fused-ring (bicyclic) bond motifs is 1. The molecular weight excluding hydrogens is 472 g/mol. The van der Waals surface area contributed by atoms with Gasteiger partial charge in [0.15, 0.2) is 0 Å². The fourth-order valence-electron chi connectivity index (χ4n) is 3.16. The number of carbonyl (C=O) groups is 6. The Labute approximate surface area is 190 Å². The number of nitrogens with zero attached hydrogens (tertiary/aromatic N) is 1. The maximum absolute atomic E-state index is 12.5. The van der Waals surface area contributed by atoms with E-state index in [2.05, 4.69) is 15.4 Å². The number of alkyl halides is 1. The monoisotopic (exact) mass is 492 g/mol. The molecule has 3 atom stereocenters. The zero-order valence-corrected chi connectivity index (χ0v) is 18.1. The molecule has 2 aliphatic rings. The van der Waals surface area contributed by atoms with Gasteiger partial charge in [-0.1, -0.05) is 0 Å². The first-order chi connectivity index (χ1) is 15.1. The number of rotatable bonds is 11. The highest BCUT2D eigenvalue weighted by Crippen LogP contribution is 2.40. The largest absolute Gasteiger partial charge is 0.480 e. The van der Waals surface area contributed by atoms with Crippen molar-refractivity contribution >= 4 is 59.1 Å². The molecule has 0 aromatic heterocycles. The third-order valence-corrected chi connectivity index (χ3v) is 6.19. The van der Waals surface area contributed by atoms with Crippen LogP contribution in [0.1, 0.15) is 19.3 Å². The lowest BCUT2D eigenvalue weighted by Gasteiger charge is -2.49. The van der Waals surface area contributed by atoms with E-state index in [4.69, 9.17) is 22.4 Å². The average Bonchev–Trinajstić information content (AvgIpc) is 2.73. The number of carbonyl (C=O) groups excluding carboxylic acids is 4. The Balaban J connectivity index is 1.92. The maximum atomic E-state index is 12.5. The van der Waals surface area contributed by atoms with Gasteiger partial charge in [0, 0.05) is 17.7 Å². The maximum Gasteiger partial charge on any atom is 0.404 e. The summed E-state index contributed by atoms with van der Waals surface area (Å²) >= 11 is 6.52. The van der Waals surface area contributed by atoms with Gasteiger partial charge in [-0.3, -0.25) is 19.3 Å². The summed E-state index contributed by atoms with van der Waals surface area (Å²) in [6, 6.07) is -2.15. The molecule has 13 nitrogen and oxygen atoms in total. The van der Waals surface area contributed by atoms with Crippen molar-refractivity contribution in [1.82, 2.24) is 15.5 Å². The molecule has 1 saturated heterocycles. The summed E-state index contributed by atoms with van der Waals surface area (Å²) in [5, 5.41) is 22.7. The van der Waals surface area contributed by atoms with Gasteiger partial charge in [-0.05, 0) is 12.8 Å². The number of carboxylic acid groups (broad SMARTS) is 2. The van der Waals surface area contributed by atoms with Gasteiger partial charge < -0.3 is 31.3 Å². The number of ether oxygens (including phenoxy) is 1. The Morgan fingerprint density at radius 2 is 1.94 bits per heavy atom. The van der Waals surface area contributed by atoms with Gasteiger partial charge in [-0.25, -0.2) is 14.4 Å². The molecule has 2 unspecified atom stereocenters. The topological polar surface area (TPSA) is 205 Å². The molecule has 6 N–H and O–H groups in total. The highest BCUT2D eigenvalue weighted by molar-refractivity contribution is 8.00. The van der Waals surface area contributed by atoms with Crippen LogP contribution in [0.4, 0.5) is 4.79 Å². The van der Waals surface area contributed by atoms with Crippen molar-refractivity contribution in [3.8, 4) is 0 Å². The second-order valence-corrected chi connectivity index (χ2v) is 8.18. The number of nitrogens with two attached hydrogens (primary N) is 1. The van der Waals surface area contributed by atoms with Gasteiger partial charge in [0.2, 0.25) is 11.8 Å². The molecule has 2 rings (SSSR count). The Bertz CT molecular complexity index is 865. The number of hydrogen-bond acceptors (Lipinski definition) is 8. The number of halogens is 1. The minimum atomic E-state index is -1.38. The highest BCUT2D eigenvalue weighted by Gasteiger charge is 2.54. The molecule has 0 aliphatic carbocycles. The van der Waals surface area contributed by atoms with Crippen LogP contribution >= 0.6 is 23.4 Å². The highest BCUT2D eigenvalue weighted by atomic mass is 35.5. The molecule has 0 bridgehead atoms. The van der Waals surface area contributed by atoms with E-state index in [1.165, 1.54) is 11.8 Å². The van der Waals surface area contributed by atoms with E-state index in [1.54, 1.807) is 0 Å². The van der Waals surface area contributed by atoms with Crippen LogP contribution in [0.15, 0.2) is 11.3 Å². The van der Waals surface area contributed by atoms with Gasteiger partial charge in [0.1, 0.15) is 35.6 Å². The fraction of sp³-hybridized carbons (Fsp3) is 0.529. The molecule has 32 heavy (non-hydrogen) atoms. The van der Waals surface area contributed by atoms with Crippen molar-refractivity contribution in [1.29, 1.82) is 0 Å². The van der Waals surface area contributed by atoms with Crippen molar-refractivity contribution in [3.05, 3.63) is 11.3 Å². The Kier molecular flexibility index (Phi) is 8.72. The van der Waals surface area contributed by atoms with Crippen LogP contribution in [0.3, 0.4) is 0 Å². The number of carboxylic acids is 2. The molecule has 0 radical (unpaired) electrons. The first kappa shape index (κ1) is 25.3. The minimum Gasteiger partial charge on any atom is -0.480 e. The van der Waals surface area contributed by atoms with Crippen molar-refractivity contribution in [2.45, 2.75) is 36.7 Å². The van der Waals surface area contributed by atoms with Crippen LogP contribution in [0.5, 0.6) is 0 Å². The molecule has 0 aromatic rings. The van der Waals surface area contributed by atoms with Gasteiger partial charge in [-0.15, -0.1) is 23.4 Å². The summed E-state index contributed by atoms with van der Waals surface area (Å²) in [5.41, 5.74) is 4.78. The summed E-state index contributed by atoms with van der Waals surface area (Å²) in [6.45, 7) is -0.373. The second-order valence-electron chi connectivity index (χ2n) is 6.80. The number of hydrogen-bond donors (Lipinski definition) is 5. The minimum absolute atomic E-state index is 0.0244. The summed E-state index contributed by atoms with van der Waals surface area (Å²) in [5.74, 6) is -4.71. The van der Waals surface area contributed by atoms with Crippen molar-refractivity contribution in [2.24, 2.45) is 5.73 Å². The molecule has 2 aliphatic heterocycles. The van der Waals surface area contributed by atoms with E-state index in [0.717, 1.165) is 4.90 Å². The lowest BCUT2D eigenvalue weighted by molar-refractivity contribution is -0.150. The molecule has 0 aromatic carbocycles. The number of aliphatic carboxylic acids is 2. The number of amides is 4. The number of primary amides is 1. The molecule has 0 saturated carbocycles. The summed E-state index contributed by atoms with van der Waals surface area (Å²) < 4.78 is 4.63. The van der Waals surface area contributed by atoms with Crippen molar-refractivity contribution in [2.75, 3.05) is 18.2 Å². The van der Waals surface area contributed by atoms with E-state index in [0.29, 0.717) is 0 Å². The Morgan fingerprint density at radius 3 is 2.50 bits per heavy atom. The number of nitrogens with one attached hydrogen (secondary N) is 2. The van der Waals surface area contributed by atoms with E-state index in [1.807, 2.05) is 0 Å². The summed E-state index contributed by atoms with van der Waals surface area (Å²) in [4.78, 5) is 70.5. The van der Waals surface area contributed by atoms with E-state index in [-0.39, 0.29) is 42.9 Å². The van der Waals surface area contributed by atoms with Crippen molar-refractivity contribution < 1.29 is 43.7 Å². The van der Waals surface area contributed by atoms with Gasteiger partial charge in [0.05, 0.1) is 0 Å². The molecule has 4 amide bonds. The summed E-state index contributed by atoms with van der Waals surface area (Å²) in [6.07, 6.45) is -1.10. The lowest BCUT2D eigenvalue weighted by Crippen LogP contribution is -2.70. The van der Waals surface area contributed by atoms with E-state index >= 15 is 0 Å². The van der Waals surface area contributed by atoms with Crippen molar-refractivity contribution in [3.63, 3.8) is 0 Å². The van der Waals surface area contributed by atoms with Gasteiger partial charge in [0.25, 0.3) is 5.91 Å². The van der Waals surface area contributed by atoms with Crippen LogP contribution in [-0.4, -0.2) is 86.6 Å². The zero-order valence-electron chi connectivity index (χ0n) is 16.5. The predicted molar refractivity (Wildman–Crippen MR) is 109 cm³/mol. The van der Waals surface area contributed by atoms with E-state index < -0.39 is 59.1 Å². The number of thioether (sulfide) groups is 1. The quantitative estimate of drug-likeness (QED) is 0.172. The standard InChI is InChI=1S/C17H21ClN4O9S/c18-4-10(24)20-8(15(26)27)2-1-3-9(23)21-11-13(25)22-12(16(28)29)7(5-31-17(19)30)6-32-14(11)22/h8,11,14H,1-6H2,(H2,19,30)(H,20,24)(H,21,23)(H,26,27)(H,28,29)/t8?,11?,14-/m1/s1. The first-order valence-electron chi connectivity index (χ1n) is 9.26. The second kappa shape index (κ2) is 11.0. The molecule has 15 heteroatoms. The molecule has 1 fully saturated rings. The van der Waals surface area contributed by atoms with Crippen LogP contribution in [0.25, 0.3) is 0 Å². The molecule has 0 spiro atoms. The molecule has 2 heterocycles. The SMILES string of the molecule is NC(=O)OCC1=C(C(=O)O)N2C(=O)C(NC(=O)CCCC(NC(=O)CCl)C(=O)O)[C@H]2SC1. The smallest absolute Gasteiger partial charge is 0.404 e.